The number of carbonyl (C=O) groups excluding carboxylic acids is 2. The van der Waals surface area contributed by atoms with Crippen molar-refractivity contribution in [1.29, 1.82) is 0 Å². The van der Waals surface area contributed by atoms with Crippen molar-refractivity contribution >= 4 is 34.4 Å². The standard InChI is InChI=1S/C26H27ClF4N4O4/c1-34(2)22(36)25(39-23(37)26(29,30)31,20-13-18(27)12-16-14-32-33-21(16)20)38-15-24(8-10-35(3)11-9-24)17-4-6-19(28)7-5-17/h4-7,12-14H,8-11,15H2,1-3H3,(H,32,33). The summed E-state index contributed by atoms with van der Waals surface area (Å²) in [7, 11) is 4.51. The maximum Gasteiger partial charge on any atom is 0.491 e. The summed E-state index contributed by atoms with van der Waals surface area (Å²) in [6.07, 6.45) is -3.12. The fourth-order valence-corrected chi connectivity index (χ4v) is 4.98. The number of nitrogens with zero attached hydrogens (tertiary/aromatic N) is 3. The zero-order chi connectivity index (χ0) is 28.6. The van der Waals surface area contributed by atoms with Crippen molar-refractivity contribution in [2.75, 3.05) is 40.8 Å². The molecular formula is C26H27ClF4N4O4. The minimum atomic E-state index is -5.44. The molecule has 3 aromatic rings. The largest absolute Gasteiger partial charge is 0.491 e. The number of piperidine rings is 1. The molecule has 0 radical (unpaired) electrons. The summed E-state index contributed by atoms with van der Waals surface area (Å²) >= 11 is 6.27. The summed E-state index contributed by atoms with van der Waals surface area (Å²) in [6.45, 7) is 0.860. The molecular weight excluding hydrogens is 544 g/mol. The summed E-state index contributed by atoms with van der Waals surface area (Å²) in [5, 5.41) is 6.95. The number of aromatic amines is 1. The van der Waals surface area contributed by atoms with Gasteiger partial charge in [0.25, 0.3) is 5.91 Å². The lowest BCUT2D eigenvalue weighted by molar-refractivity contribution is -0.267. The van der Waals surface area contributed by atoms with E-state index in [0.717, 1.165) is 4.90 Å². The van der Waals surface area contributed by atoms with Crippen LogP contribution < -0.4 is 0 Å². The van der Waals surface area contributed by atoms with Crippen LogP contribution in [-0.2, 0) is 30.3 Å². The molecule has 1 saturated heterocycles. The third-order valence-electron chi connectivity index (χ3n) is 6.98. The van der Waals surface area contributed by atoms with Crippen LogP contribution in [0.25, 0.3) is 10.9 Å². The maximum absolute atomic E-state index is 13.8. The van der Waals surface area contributed by atoms with Gasteiger partial charge in [-0.2, -0.15) is 18.3 Å². The van der Waals surface area contributed by atoms with Gasteiger partial charge in [0.05, 0.1) is 23.9 Å². The quantitative estimate of drug-likeness (QED) is 0.258. The molecule has 13 heteroatoms. The Kier molecular flexibility index (Phi) is 7.93. The van der Waals surface area contributed by atoms with Gasteiger partial charge in [0.1, 0.15) is 5.82 Å². The molecule has 210 valence electrons. The van der Waals surface area contributed by atoms with Crippen LogP contribution in [0, 0.1) is 5.82 Å². The highest BCUT2D eigenvalue weighted by Gasteiger charge is 2.55. The number of likely N-dealkylation sites (tertiary alicyclic amines) is 1. The first kappa shape index (κ1) is 28.8. The Balaban J connectivity index is 1.90. The minimum Gasteiger partial charge on any atom is -0.412 e. The highest BCUT2D eigenvalue weighted by atomic mass is 35.5. The number of rotatable bonds is 7. The number of benzene rings is 2. The first-order valence-corrected chi connectivity index (χ1v) is 12.4. The number of H-pyrrole nitrogens is 1. The second kappa shape index (κ2) is 10.7. The molecule has 2 heterocycles. The molecule has 0 saturated carbocycles. The van der Waals surface area contributed by atoms with Gasteiger partial charge >= 0.3 is 17.9 Å². The molecule has 1 amide bonds. The molecule has 4 rings (SSSR count). The van der Waals surface area contributed by atoms with Crippen molar-refractivity contribution in [1.82, 2.24) is 20.0 Å². The summed E-state index contributed by atoms with van der Waals surface area (Å²) in [4.78, 5) is 29.1. The molecule has 0 aliphatic carbocycles. The first-order valence-electron chi connectivity index (χ1n) is 12.0. The summed E-state index contributed by atoms with van der Waals surface area (Å²) in [5.41, 5.74) is -0.318. The van der Waals surface area contributed by atoms with Crippen molar-refractivity contribution in [3.05, 3.63) is 64.6 Å². The van der Waals surface area contributed by atoms with Crippen LogP contribution in [0.5, 0.6) is 0 Å². The number of fused-ring (bicyclic) bond motifs is 1. The zero-order valence-corrected chi connectivity index (χ0v) is 22.2. The van der Waals surface area contributed by atoms with E-state index in [1.165, 1.54) is 44.6 Å². The van der Waals surface area contributed by atoms with Gasteiger partial charge < -0.3 is 19.3 Å². The van der Waals surface area contributed by atoms with Crippen LogP contribution in [-0.4, -0.2) is 78.9 Å². The third-order valence-corrected chi connectivity index (χ3v) is 7.19. The molecule has 1 fully saturated rings. The molecule has 39 heavy (non-hydrogen) atoms. The number of hydrogen-bond acceptors (Lipinski definition) is 6. The maximum atomic E-state index is 13.8. The number of halogens is 5. The number of aromatic nitrogens is 2. The van der Waals surface area contributed by atoms with Crippen molar-refractivity contribution in [3.8, 4) is 0 Å². The van der Waals surface area contributed by atoms with Gasteiger partial charge in [-0.25, -0.2) is 9.18 Å². The number of carbonyl (C=O) groups is 2. The number of ether oxygens (including phenoxy) is 2. The highest BCUT2D eigenvalue weighted by Crippen LogP contribution is 2.42. The Morgan fingerprint density at radius 2 is 1.79 bits per heavy atom. The Morgan fingerprint density at radius 3 is 2.38 bits per heavy atom. The monoisotopic (exact) mass is 570 g/mol. The third kappa shape index (κ3) is 5.73. The molecule has 1 aliphatic rings. The molecule has 8 nitrogen and oxygen atoms in total. The van der Waals surface area contributed by atoms with E-state index >= 15 is 0 Å². The molecule has 0 spiro atoms. The predicted molar refractivity (Wildman–Crippen MR) is 134 cm³/mol. The van der Waals surface area contributed by atoms with Crippen molar-refractivity contribution in [3.63, 3.8) is 0 Å². The normalized spacial score (nSPS) is 17.5. The van der Waals surface area contributed by atoms with Crippen molar-refractivity contribution in [2.45, 2.75) is 30.2 Å². The average Bonchev–Trinajstić information content (AvgIpc) is 3.35. The van der Waals surface area contributed by atoms with Gasteiger partial charge in [0.15, 0.2) is 0 Å². The summed E-state index contributed by atoms with van der Waals surface area (Å²) in [6, 6.07) is 8.40. The van der Waals surface area contributed by atoms with E-state index in [4.69, 9.17) is 21.1 Å². The molecule has 1 aromatic heterocycles. The SMILES string of the molecule is CN1CCC(COC(OC(=O)C(F)(F)F)(C(=O)N(C)C)c2cc(Cl)cc3cn[nH]c23)(c2ccc(F)cc2)CC1. The van der Waals surface area contributed by atoms with E-state index in [-0.39, 0.29) is 22.7 Å². The van der Waals surface area contributed by atoms with Crippen LogP contribution >= 0.6 is 11.6 Å². The number of alkyl halides is 3. The number of amides is 1. The molecule has 1 aliphatic heterocycles. The fourth-order valence-electron chi connectivity index (χ4n) is 4.75. The first-order chi connectivity index (χ1) is 18.3. The van der Waals surface area contributed by atoms with Gasteiger partial charge in [-0.1, -0.05) is 23.7 Å². The van der Waals surface area contributed by atoms with Gasteiger partial charge in [-0.05, 0) is 62.8 Å². The van der Waals surface area contributed by atoms with Gasteiger partial charge in [0.2, 0.25) is 0 Å². The number of esters is 1. The van der Waals surface area contributed by atoms with Gasteiger partial charge in [-0.15, -0.1) is 0 Å². The molecule has 2 aromatic carbocycles. The van der Waals surface area contributed by atoms with Crippen LogP contribution in [0.2, 0.25) is 5.02 Å². The lowest BCUT2D eigenvalue weighted by atomic mass is 9.73. The van der Waals surface area contributed by atoms with Crippen LogP contribution in [0.3, 0.4) is 0 Å². The van der Waals surface area contributed by atoms with Crippen molar-refractivity contribution < 1.29 is 36.6 Å². The van der Waals surface area contributed by atoms with Crippen LogP contribution in [0.15, 0.2) is 42.6 Å². The molecule has 1 unspecified atom stereocenters. The van der Waals surface area contributed by atoms with Gasteiger partial charge in [-0.3, -0.25) is 9.89 Å². The second-order valence-electron chi connectivity index (χ2n) is 9.87. The number of hydrogen-bond donors (Lipinski definition) is 1. The second-order valence-corrected chi connectivity index (χ2v) is 10.3. The lowest BCUT2D eigenvalue weighted by Gasteiger charge is -2.43. The zero-order valence-electron chi connectivity index (χ0n) is 21.4. The Labute approximate surface area is 226 Å². The van der Waals surface area contributed by atoms with E-state index in [1.807, 2.05) is 7.05 Å². The van der Waals surface area contributed by atoms with E-state index in [0.29, 0.717) is 36.9 Å². The average molecular weight is 571 g/mol. The molecule has 1 atom stereocenters. The van der Waals surface area contributed by atoms with Crippen LogP contribution in [0.1, 0.15) is 24.0 Å². The number of nitrogens with one attached hydrogen (secondary N) is 1. The summed E-state index contributed by atoms with van der Waals surface area (Å²) < 4.78 is 65.6. The Bertz CT molecular complexity index is 1350. The topological polar surface area (TPSA) is 87.8 Å². The lowest BCUT2D eigenvalue weighted by Crippen LogP contribution is -2.54. The van der Waals surface area contributed by atoms with E-state index < -0.39 is 35.1 Å². The Hall–Kier alpha value is -3.22. The van der Waals surface area contributed by atoms with Crippen LogP contribution in [0.4, 0.5) is 17.6 Å². The van der Waals surface area contributed by atoms with E-state index in [1.54, 1.807) is 12.1 Å². The molecule has 1 N–H and O–H groups in total. The smallest absolute Gasteiger partial charge is 0.412 e. The highest BCUT2D eigenvalue weighted by molar-refractivity contribution is 6.31. The van der Waals surface area contributed by atoms with E-state index in [2.05, 4.69) is 15.1 Å². The summed E-state index contributed by atoms with van der Waals surface area (Å²) in [5.74, 6) is -7.05. The fraction of sp³-hybridized carbons (Fsp3) is 0.423. The predicted octanol–water partition coefficient (Wildman–Crippen LogP) is 4.38. The van der Waals surface area contributed by atoms with Gasteiger partial charge in [0, 0.05) is 29.9 Å². The van der Waals surface area contributed by atoms with Crippen molar-refractivity contribution in [2.24, 2.45) is 0 Å². The minimum absolute atomic E-state index is 0.0500. The Morgan fingerprint density at radius 1 is 1.15 bits per heavy atom. The molecule has 0 bridgehead atoms. The number of likely N-dealkylation sites (N-methyl/N-ethyl adjacent to an activating group) is 1. The van der Waals surface area contributed by atoms with E-state index in [9.17, 15) is 27.2 Å².